The van der Waals surface area contributed by atoms with Crippen LogP contribution < -0.4 is 5.32 Å². The van der Waals surface area contributed by atoms with Gasteiger partial charge < -0.3 is 10.2 Å². The number of rotatable bonds is 2. The zero-order valence-corrected chi connectivity index (χ0v) is 11.4. The average molecular weight is 248 g/mol. The number of nitrogens with zero attached hydrogens (tertiary/aromatic N) is 1. The summed E-state index contributed by atoms with van der Waals surface area (Å²) in [5.74, 6) is 0.576. The van der Waals surface area contributed by atoms with Gasteiger partial charge in [0.05, 0.1) is 0 Å². The number of fused-ring (bicyclic) bond motifs is 1. The van der Waals surface area contributed by atoms with Crippen LogP contribution in [0.3, 0.4) is 0 Å². The second-order valence-electron chi connectivity index (χ2n) is 5.64. The summed E-state index contributed by atoms with van der Waals surface area (Å²) in [7, 11) is 0. The highest BCUT2D eigenvalue weighted by atomic mass is 16.2. The number of allylic oxidation sites excluding steroid dienone is 1. The van der Waals surface area contributed by atoms with Gasteiger partial charge in [0.25, 0.3) is 0 Å². The molecule has 0 spiro atoms. The molecular formula is C14H20N2O2. The lowest BCUT2D eigenvalue weighted by molar-refractivity contribution is -0.122. The van der Waals surface area contributed by atoms with Gasteiger partial charge in [0.15, 0.2) is 5.78 Å². The molecule has 0 aromatic carbocycles. The van der Waals surface area contributed by atoms with E-state index in [1.165, 1.54) is 0 Å². The zero-order valence-electron chi connectivity index (χ0n) is 11.4. The Morgan fingerprint density at radius 3 is 2.83 bits per heavy atom. The Bertz CT molecular complexity index is 460. The minimum atomic E-state index is -0.451. The summed E-state index contributed by atoms with van der Waals surface area (Å²) in [5, 5.41) is 2.82. The van der Waals surface area contributed by atoms with Crippen LogP contribution in [0.1, 0.15) is 40.5 Å². The third-order valence-corrected chi connectivity index (χ3v) is 3.75. The van der Waals surface area contributed by atoms with E-state index < -0.39 is 5.54 Å². The van der Waals surface area contributed by atoms with Gasteiger partial charge in [0, 0.05) is 18.2 Å². The number of amides is 1. The molecule has 98 valence electrons. The Morgan fingerprint density at radius 1 is 1.56 bits per heavy atom. The van der Waals surface area contributed by atoms with E-state index in [1.54, 1.807) is 12.2 Å². The van der Waals surface area contributed by atoms with Crippen LogP contribution in [0.2, 0.25) is 0 Å². The largest absolute Gasteiger partial charge is 0.342 e. The number of hydrogen-bond acceptors (Lipinski definition) is 3. The number of carbonyl (C=O) groups is 2. The maximum absolute atomic E-state index is 12.1. The molecule has 2 atom stereocenters. The summed E-state index contributed by atoms with van der Waals surface area (Å²) in [6, 6.07) is 0.291. The van der Waals surface area contributed by atoms with Crippen LogP contribution in [0.4, 0.5) is 0 Å². The maximum Gasteiger partial charge on any atom is 0.249 e. The van der Waals surface area contributed by atoms with Crippen molar-refractivity contribution in [3.05, 3.63) is 23.5 Å². The van der Waals surface area contributed by atoms with Crippen LogP contribution >= 0.6 is 0 Å². The minimum absolute atomic E-state index is 0.0966. The summed E-state index contributed by atoms with van der Waals surface area (Å²) < 4.78 is 0. The second kappa shape index (κ2) is 4.26. The Kier molecular flexibility index (Phi) is 3.05. The smallest absolute Gasteiger partial charge is 0.249 e. The molecule has 0 bridgehead atoms. The fraction of sp³-hybridized carbons (Fsp3) is 0.571. The standard InChI is InChI=1S/C14H20N2O2/c1-9(2)7-13(18)15-12-8-11(17)14(4)6-5-10(3)16(12)14/h7-8,10H,5-6H2,1-4H3,(H,15,18). The van der Waals surface area contributed by atoms with Gasteiger partial charge in [-0.1, -0.05) is 5.57 Å². The summed E-state index contributed by atoms with van der Waals surface area (Å²) in [5.41, 5.74) is 0.488. The molecular weight excluding hydrogens is 228 g/mol. The lowest BCUT2D eigenvalue weighted by Crippen LogP contribution is -2.46. The fourth-order valence-electron chi connectivity index (χ4n) is 2.84. The molecule has 1 fully saturated rings. The molecule has 0 aromatic rings. The molecule has 2 aliphatic rings. The van der Waals surface area contributed by atoms with Crippen molar-refractivity contribution < 1.29 is 9.59 Å². The molecule has 18 heavy (non-hydrogen) atoms. The first-order valence-electron chi connectivity index (χ1n) is 6.36. The van der Waals surface area contributed by atoms with Gasteiger partial charge in [-0.05, 0) is 40.5 Å². The van der Waals surface area contributed by atoms with E-state index in [2.05, 4.69) is 12.2 Å². The number of hydrogen-bond donors (Lipinski definition) is 1. The van der Waals surface area contributed by atoms with Crippen molar-refractivity contribution in [2.45, 2.75) is 52.1 Å². The molecule has 0 radical (unpaired) electrons. The van der Waals surface area contributed by atoms with Crippen LogP contribution in [-0.4, -0.2) is 28.2 Å². The van der Waals surface area contributed by atoms with Crippen molar-refractivity contribution in [2.24, 2.45) is 0 Å². The Morgan fingerprint density at radius 2 is 2.22 bits per heavy atom. The number of carbonyl (C=O) groups excluding carboxylic acids is 2. The molecule has 0 saturated carbocycles. The molecule has 1 amide bonds. The van der Waals surface area contributed by atoms with Gasteiger partial charge >= 0.3 is 0 Å². The lowest BCUT2D eigenvalue weighted by atomic mass is 9.96. The zero-order chi connectivity index (χ0) is 13.5. The van der Waals surface area contributed by atoms with Crippen molar-refractivity contribution >= 4 is 11.7 Å². The molecule has 0 aliphatic carbocycles. The van der Waals surface area contributed by atoms with Crippen molar-refractivity contribution in [3.8, 4) is 0 Å². The normalized spacial score (nSPS) is 30.0. The highest BCUT2D eigenvalue weighted by Gasteiger charge is 2.50. The van der Waals surface area contributed by atoms with Crippen molar-refractivity contribution in [3.63, 3.8) is 0 Å². The van der Waals surface area contributed by atoms with E-state index in [4.69, 9.17) is 0 Å². The predicted molar refractivity (Wildman–Crippen MR) is 69.6 cm³/mol. The van der Waals surface area contributed by atoms with Crippen molar-refractivity contribution in [1.29, 1.82) is 0 Å². The molecule has 2 rings (SSSR count). The highest BCUT2D eigenvalue weighted by molar-refractivity contribution is 6.02. The Labute approximate surface area is 108 Å². The first kappa shape index (κ1) is 12.9. The van der Waals surface area contributed by atoms with E-state index in [0.29, 0.717) is 11.9 Å². The Balaban J connectivity index is 2.20. The van der Waals surface area contributed by atoms with E-state index in [0.717, 1.165) is 18.4 Å². The Hall–Kier alpha value is -1.58. The van der Waals surface area contributed by atoms with E-state index in [9.17, 15) is 9.59 Å². The molecule has 2 heterocycles. The van der Waals surface area contributed by atoms with Crippen LogP contribution in [0.5, 0.6) is 0 Å². The number of nitrogens with one attached hydrogen (secondary N) is 1. The number of ketones is 1. The summed E-state index contributed by atoms with van der Waals surface area (Å²) in [4.78, 5) is 25.8. The molecule has 1 saturated heterocycles. The monoisotopic (exact) mass is 248 g/mol. The fourth-order valence-corrected chi connectivity index (χ4v) is 2.84. The molecule has 4 nitrogen and oxygen atoms in total. The highest BCUT2D eigenvalue weighted by Crippen LogP contribution is 2.41. The quantitative estimate of drug-likeness (QED) is 0.757. The van der Waals surface area contributed by atoms with Crippen LogP contribution in [-0.2, 0) is 9.59 Å². The summed E-state index contributed by atoms with van der Waals surface area (Å²) in [6.07, 6.45) is 4.94. The molecule has 2 aliphatic heterocycles. The molecule has 2 unspecified atom stereocenters. The van der Waals surface area contributed by atoms with Crippen molar-refractivity contribution in [1.82, 2.24) is 10.2 Å². The SMILES string of the molecule is CC(C)=CC(=O)NC1=CC(=O)C2(C)CCC(C)N12. The maximum atomic E-state index is 12.1. The van der Waals surface area contributed by atoms with Gasteiger partial charge in [-0.15, -0.1) is 0 Å². The predicted octanol–water partition coefficient (Wildman–Crippen LogP) is 1.74. The summed E-state index contributed by atoms with van der Waals surface area (Å²) >= 11 is 0. The third-order valence-electron chi connectivity index (χ3n) is 3.75. The van der Waals surface area contributed by atoms with E-state index in [1.807, 2.05) is 25.7 Å². The molecule has 1 N–H and O–H groups in total. The van der Waals surface area contributed by atoms with Crippen LogP contribution in [0, 0.1) is 0 Å². The van der Waals surface area contributed by atoms with Gasteiger partial charge in [0.2, 0.25) is 5.91 Å². The van der Waals surface area contributed by atoms with Crippen molar-refractivity contribution in [2.75, 3.05) is 0 Å². The first-order valence-corrected chi connectivity index (χ1v) is 6.36. The minimum Gasteiger partial charge on any atom is -0.342 e. The molecule has 4 heteroatoms. The van der Waals surface area contributed by atoms with Gasteiger partial charge in [-0.3, -0.25) is 9.59 Å². The third kappa shape index (κ3) is 1.96. The average Bonchev–Trinajstić information content (AvgIpc) is 2.65. The second-order valence-corrected chi connectivity index (χ2v) is 5.64. The molecule has 0 aromatic heterocycles. The summed E-state index contributed by atoms with van der Waals surface area (Å²) in [6.45, 7) is 7.78. The lowest BCUT2D eigenvalue weighted by Gasteiger charge is -2.33. The topological polar surface area (TPSA) is 49.4 Å². The van der Waals surface area contributed by atoms with Gasteiger partial charge in [0.1, 0.15) is 11.4 Å². The first-order chi connectivity index (χ1) is 8.34. The van der Waals surface area contributed by atoms with Crippen LogP contribution in [0.25, 0.3) is 0 Å². The van der Waals surface area contributed by atoms with Crippen LogP contribution in [0.15, 0.2) is 23.5 Å². The van der Waals surface area contributed by atoms with E-state index >= 15 is 0 Å². The van der Waals surface area contributed by atoms with Gasteiger partial charge in [-0.25, -0.2) is 0 Å². The van der Waals surface area contributed by atoms with Gasteiger partial charge in [-0.2, -0.15) is 0 Å². The van der Waals surface area contributed by atoms with E-state index in [-0.39, 0.29) is 11.7 Å².